The molecule has 2 aromatic carbocycles. The number of anilines is 1. The van der Waals surface area contributed by atoms with Crippen molar-refractivity contribution in [3.8, 4) is 11.5 Å². The second-order valence-electron chi connectivity index (χ2n) is 5.91. The van der Waals surface area contributed by atoms with Crippen LogP contribution in [0.3, 0.4) is 0 Å². The van der Waals surface area contributed by atoms with E-state index in [0.717, 1.165) is 9.18 Å². The number of esters is 1. The molecule has 0 amide bonds. The summed E-state index contributed by atoms with van der Waals surface area (Å²) < 4.78 is 37.0. The summed E-state index contributed by atoms with van der Waals surface area (Å²) in [5, 5.41) is 1.92. The topological polar surface area (TPSA) is 72.9 Å². The SMILES string of the molecule is COc1ccc(S(=O)(=O)N(C)c2ccc(OC(=O)C=Cc3cccs3)cc2)cc1. The minimum atomic E-state index is -3.73. The van der Waals surface area contributed by atoms with E-state index < -0.39 is 16.0 Å². The fourth-order valence-corrected chi connectivity index (χ4v) is 4.27. The molecule has 0 saturated heterocycles. The van der Waals surface area contributed by atoms with Gasteiger partial charge in [-0.05, 0) is 66.1 Å². The maximum absolute atomic E-state index is 12.8. The van der Waals surface area contributed by atoms with Gasteiger partial charge in [0.2, 0.25) is 0 Å². The van der Waals surface area contributed by atoms with Gasteiger partial charge in [-0.1, -0.05) is 6.07 Å². The zero-order chi connectivity index (χ0) is 20.9. The first kappa shape index (κ1) is 20.6. The molecule has 150 valence electrons. The van der Waals surface area contributed by atoms with Gasteiger partial charge in [-0.3, -0.25) is 4.31 Å². The lowest BCUT2D eigenvalue weighted by Gasteiger charge is -2.20. The molecule has 0 atom stereocenters. The van der Waals surface area contributed by atoms with E-state index in [4.69, 9.17) is 9.47 Å². The number of methoxy groups -OCH3 is 1. The van der Waals surface area contributed by atoms with E-state index in [-0.39, 0.29) is 4.90 Å². The molecule has 0 bridgehead atoms. The predicted octanol–water partition coefficient (Wildman–Crippen LogP) is 4.20. The van der Waals surface area contributed by atoms with Gasteiger partial charge in [0.05, 0.1) is 17.7 Å². The van der Waals surface area contributed by atoms with Crippen molar-refractivity contribution in [3.05, 3.63) is 77.0 Å². The summed E-state index contributed by atoms with van der Waals surface area (Å²) >= 11 is 1.51. The number of hydrogen-bond donors (Lipinski definition) is 0. The standard InChI is InChI=1S/C21H19NO5S2/c1-22(29(24,25)20-12-9-17(26-2)10-13-20)16-5-7-18(8-6-16)27-21(23)14-11-19-4-3-15-28-19/h3-15H,1-2H3. The first-order valence-electron chi connectivity index (χ1n) is 8.56. The molecular formula is C21H19NO5S2. The first-order chi connectivity index (χ1) is 13.9. The van der Waals surface area contributed by atoms with Gasteiger partial charge in [0.15, 0.2) is 0 Å². The Labute approximate surface area is 173 Å². The van der Waals surface area contributed by atoms with Crippen LogP contribution in [0.25, 0.3) is 6.08 Å². The molecule has 1 aromatic heterocycles. The van der Waals surface area contributed by atoms with Gasteiger partial charge in [-0.2, -0.15) is 0 Å². The van der Waals surface area contributed by atoms with Crippen molar-refractivity contribution in [2.75, 3.05) is 18.5 Å². The van der Waals surface area contributed by atoms with Crippen LogP contribution >= 0.6 is 11.3 Å². The summed E-state index contributed by atoms with van der Waals surface area (Å²) in [5.74, 6) is 0.390. The molecule has 0 unspecified atom stereocenters. The van der Waals surface area contributed by atoms with Crippen molar-refractivity contribution in [1.82, 2.24) is 0 Å². The lowest BCUT2D eigenvalue weighted by atomic mass is 10.3. The van der Waals surface area contributed by atoms with Crippen LogP contribution in [0.4, 0.5) is 5.69 Å². The van der Waals surface area contributed by atoms with Crippen molar-refractivity contribution in [3.63, 3.8) is 0 Å². The second kappa shape index (κ2) is 8.93. The maximum Gasteiger partial charge on any atom is 0.336 e. The smallest absolute Gasteiger partial charge is 0.336 e. The molecule has 0 aliphatic carbocycles. The average molecular weight is 430 g/mol. The highest BCUT2D eigenvalue weighted by Gasteiger charge is 2.21. The molecule has 3 aromatic rings. The van der Waals surface area contributed by atoms with Crippen molar-refractivity contribution in [2.45, 2.75) is 4.90 Å². The highest BCUT2D eigenvalue weighted by molar-refractivity contribution is 7.92. The fourth-order valence-electron chi connectivity index (χ4n) is 2.46. The van der Waals surface area contributed by atoms with Crippen LogP contribution < -0.4 is 13.8 Å². The highest BCUT2D eigenvalue weighted by atomic mass is 32.2. The third kappa shape index (κ3) is 5.04. The molecule has 0 aliphatic heterocycles. The van der Waals surface area contributed by atoms with Crippen molar-refractivity contribution < 1.29 is 22.7 Å². The Kier molecular flexibility index (Phi) is 6.36. The molecule has 3 rings (SSSR count). The summed E-state index contributed by atoms with van der Waals surface area (Å²) in [7, 11) is -0.748. The Morgan fingerprint density at radius 1 is 1.00 bits per heavy atom. The van der Waals surface area contributed by atoms with Crippen LogP contribution in [0.15, 0.2) is 77.0 Å². The van der Waals surface area contributed by atoms with Crippen molar-refractivity contribution >= 4 is 39.1 Å². The number of ether oxygens (including phenoxy) is 2. The Hall–Kier alpha value is -3.10. The normalized spacial score (nSPS) is 11.4. The van der Waals surface area contributed by atoms with E-state index in [9.17, 15) is 13.2 Å². The van der Waals surface area contributed by atoms with E-state index in [2.05, 4.69) is 0 Å². The number of nitrogens with zero attached hydrogens (tertiary/aromatic N) is 1. The zero-order valence-electron chi connectivity index (χ0n) is 15.8. The Balaban J connectivity index is 1.69. The van der Waals surface area contributed by atoms with Crippen LogP contribution in [0.1, 0.15) is 4.88 Å². The molecule has 0 saturated carbocycles. The molecule has 0 radical (unpaired) electrons. The molecule has 0 spiro atoms. The summed E-state index contributed by atoms with van der Waals surface area (Å²) in [6, 6.07) is 16.2. The fraction of sp³-hybridized carbons (Fsp3) is 0.0952. The minimum Gasteiger partial charge on any atom is -0.497 e. The predicted molar refractivity (Wildman–Crippen MR) is 114 cm³/mol. The molecule has 6 nitrogen and oxygen atoms in total. The van der Waals surface area contributed by atoms with E-state index in [1.54, 1.807) is 42.5 Å². The Bertz CT molecular complexity index is 1090. The number of benzene rings is 2. The zero-order valence-corrected chi connectivity index (χ0v) is 17.4. The number of thiophene rings is 1. The number of carbonyl (C=O) groups excluding carboxylic acids is 1. The van der Waals surface area contributed by atoms with E-state index >= 15 is 0 Å². The maximum atomic E-state index is 12.8. The molecule has 8 heteroatoms. The molecule has 0 aliphatic rings. The average Bonchev–Trinajstić information content (AvgIpc) is 3.26. The van der Waals surface area contributed by atoms with Crippen LogP contribution in [-0.4, -0.2) is 28.5 Å². The third-order valence-electron chi connectivity index (χ3n) is 4.06. The van der Waals surface area contributed by atoms with E-state index in [1.807, 2.05) is 17.5 Å². The van der Waals surface area contributed by atoms with E-state index in [0.29, 0.717) is 17.2 Å². The van der Waals surface area contributed by atoms with Gasteiger partial charge in [-0.25, -0.2) is 13.2 Å². The van der Waals surface area contributed by atoms with Crippen molar-refractivity contribution in [2.24, 2.45) is 0 Å². The quantitative estimate of drug-likeness (QED) is 0.320. The first-order valence-corrected chi connectivity index (χ1v) is 10.9. The van der Waals surface area contributed by atoms with Gasteiger partial charge < -0.3 is 9.47 Å². The number of carbonyl (C=O) groups is 1. The molecule has 0 fully saturated rings. The van der Waals surface area contributed by atoms with Crippen LogP contribution in [0.5, 0.6) is 11.5 Å². The molecule has 29 heavy (non-hydrogen) atoms. The van der Waals surface area contributed by atoms with Crippen LogP contribution in [0, 0.1) is 0 Å². The Morgan fingerprint density at radius 3 is 2.24 bits per heavy atom. The van der Waals surface area contributed by atoms with Gasteiger partial charge in [0.25, 0.3) is 10.0 Å². The molecule has 1 heterocycles. The van der Waals surface area contributed by atoms with Crippen molar-refractivity contribution in [1.29, 1.82) is 0 Å². The lowest BCUT2D eigenvalue weighted by molar-refractivity contribution is -0.128. The molecular weight excluding hydrogens is 410 g/mol. The van der Waals surface area contributed by atoms with Gasteiger partial charge in [0.1, 0.15) is 11.5 Å². The van der Waals surface area contributed by atoms with Gasteiger partial charge >= 0.3 is 5.97 Å². The lowest BCUT2D eigenvalue weighted by Crippen LogP contribution is -2.26. The largest absolute Gasteiger partial charge is 0.497 e. The third-order valence-corrected chi connectivity index (χ3v) is 6.70. The summed E-state index contributed by atoms with van der Waals surface area (Å²) in [6.07, 6.45) is 3.02. The summed E-state index contributed by atoms with van der Waals surface area (Å²) in [5.41, 5.74) is 0.440. The van der Waals surface area contributed by atoms with Gasteiger partial charge in [-0.15, -0.1) is 11.3 Å². The van der Waals surface area contributed by atoms with E-state index in [1.165, 1.54) is 43.7 Å². The highest BCUT2D eigenvalue weighted by Crippen LogP contribution is 2.25. The number of hydrogen-bond acceptors (Lipinski definition) is 6. The summed E-state index contributed by atoms with van der Waals surface area (Å²) in [6.45, 7) is 0. The number of sulfonamides is 1. The van der Waals surface area contributed by atoms with Gasteiger partial charge in [0, 0.05) is 18.0 Å². The summed E-state index contributed by atoms with van der Waals surface area (Å²) in [4.78, 5) is 13.0. The van der Waals surface area contributed by atoms with Crippen LogP contribution in [-0.2, 0) is 14.8 Å². The monoisotopic (exact) mass is 429 g/mol. The Morgan fingerprint density at radius 2 is 1.66 bits per heavy atom. The van der Waals surface area contributed by atoms with Crippen LogP contribution in [0.2, 0.25) is 0 Å². The number of rotatable bonds is 7. The molecule has 0 N–H and O–H groups in total. The minimum absolute atomic E-state index is 0.148. The second-order valence-corrected chi connectivity index (χ2v) is 8.86.